The predicted octanol–water partition coefficient (Wildman–Crippen LogP) is 8.85. The lowest BCUT2D eigenvalue weighted by Crippen LogP contribution is -2.49. The van der Waals surface area contributed by atoms with Crippen molar-refractivity contribution in [2.24, 2.45) is 35.0 Å². The van der Waals surface area contributed by atoms with Crippen LogP contribution in [-0.2, 0) is 20.7 Å². The van der Waals surface area contributed by atoms with E-state index in [-0.39, 0.29) is 5.60 Å². The number of carbonyl (C=O) groups is 2. The van der Waals surface area contributed by atoms with Crippen LogP contribution < -0.4 is 5.32 Å². The number of fused-ring (bicyclic) bond motifs is 6. The van der Waals surface area contributed by atoms with E-state index in [9.17, 15) is 9.59 Å². The molecule has 6 aliphatic rings. The lowest BCUT2D eigenvalue weighted by molar-refractivity contribution is -0.129. The van der Waals surface area contributed by atoms with Gasteiger partial charge < -0.3 is 14.8 Å². The van der Waals surface area contributed by atoms with Gasteiger partial charge in [0.05, 0.1) is 18.2 Å². The summed E-state index contributed by atoms with van der Waals surface area (Å²) in [6, 6.07) is 10.9. The number of ketones is 1. The normalized spacial score (nSPS) is 37.4. The molecule has 1 aromatic rings. The summed E-state index contributed by atoms with van der Waals surface area (Å²) in [7, 11) is 1.98. The standard InChI is InChI=1S/C29H43NO3.C9H13N.2C2H6/c1-18-12-27-26(30(17-18)10-11-31)16-29(33-27)9-7-22-23-5-4-20-13-21(32)6-8-28(20,3)25(23)14-24(22)19(2)15-29;1-10-8-7-9-5-3-2-4-6-9;2*1-2/h11,18,20,22-23,25-27H,4-10,12-17H2,1-3H3;2-6,10H,7-8H2,1H3;2*1-2H3. The van der Waals surface area contributed by atoms with Gasteiger partial charge in [-0.1, -0.05) is 83.0 Å². The molecule has 0 bridgehead atoms. The summed E-state index contributed by atoms with van der Waals surface area (Å²) in [5.41, 5.74) is 5.15. The molecule has 2 heterocycles. The summed E-state index contributed by atoms with van der Waals surface area (Å²) in [5, 5.41) is 3.12. The molecule has 0 aromatic heterocycles. The maximum atomic E-state index is 12.2. The van der Waals surface area contributed by atoms with Gasteiger partial charge in [-0.05, 0) is 125 Å². The SMILES string of the molecule is CC.CC.CC1=C2CC3C(CCC4CC(=O)CCC43C)C2CCC2(C1)CC1C(CC(C)CN1CC=O)O2.CNCCc1ccccc1. The molecule has 4 aliphatic carbocycles. The van der Waals surface area contributed by atoms with Crippen molar-refractivity contribution in [3.63, 3.8) is 0 Å². The average molecular weight is 649 g/mol. The lowest BCUT2D eigenvalue weighted by Gasteiger charge is -2.52. The summed E-state index contributed by atoms with van der Waals surface area (Å²) >= 11 is 0. The molecule has 9 atom stereocenters. The first-order valence-electron chi connectivity index (χ1n) is 19.5. The minimum atomic E-state index is -0.0180. The first-order chi connectivity index (χ1) is 22.7. The minimum Gasteiger partial charge on any atom is -0.370 e. The number of likely N-dealkylation sites (tertiary alicyclic amines) is 1. The van der Waals surface area contributed by atoms with Crippen molar-refractivity contribution >= 4 is 12.1 Å². The van der Waals surface area contributed by atoms with Crippen molar-refractivity contribution in [3.05, 3.63) is 47.0 Å². The summed E-state index contributed by atoms with van der Waals surface area (Å²) in [4.78, 5) is 25.9. The van der Waals surface area contributed by atoms with E-state index in [1.54, 1.807) is 11.1 Å². The van der Waals surface area contributed by atoms with Crippen LogP contribution in [0.3, 0.4) is 0 Å². The second kappa shape index (κ2) is 17.2. The number of Topliss-reactive ketones (excluding diaryl/α,β-unsaturated/α-hetero) is 1. The number of aldehydes is 1. The van der Waals surface area contributed by atoms with Crippen LogP contribution in [0.4, 0.5) is 0 Å². The van der Waals surface area contributed by atoms with Crippen LogP contribution in [0.2, 0.25) is 0 Å². The molecule has 0 radical (unpaired) electrons. The van der Waals surface area contributed by atoms with E-state index in [1.807, 2.05) is 40.8 Å². The fourth-order valence-corrected chi connectivity index (χ4v) is 10.8. The van der Waals surface area contributed by atoms with Crippen molar-refractivity contribution < 1.29 is 14.3 Å². The van der Waals surface area contributed by atoms with Crippen LogP contribution in [0.25, 0.3) is 0 Å². The lowest BCUT2D eigenvalue weighted by atomic mass is 9.52. The van der Waals surface area contributed by atoms with E-state index in [2.05, 4.69) is 55.3 Å². The highest BCUT2D eigenvalue weighted by molar-refractivity contribution is 5.79. The second-order valence-electron chi connectivity index (χ2n) is 15.5. The van der Waals surface area contributed by atoms with E-state index in [0.717, 1.165) is 82.1 Å². The summed E-state index contributed by atoms with van der Waals surface area (Å²) < 4.78 is 6.98. The highest BCUT2D eigenvalue weighted by Crippen LogP contribution is 2.64. The number of hydrogen-bond acceptors (Lipinski definition) is 5. The molecule has 264 valence electrons. The van der Waals surface area contributed by atoms with E-state index in [0.29, 0.717) is 41.7 Å². The number of allylic oxidation sites excluding steroid dienone is 1. The number of ether oxygens (including phenoxy) is 1. The van der Waals surface area contributed by atoms with Crippen LogP contribution in [0, 0.1) is 35.0 Å². The number of likely N-dealkylation sites (N-methyl/N-ethyl adjacent to an activating group) is 1. The molecule has 47 heavy (non-hydrogen) atoms. The van der Waals surface area contributed by atoms with Crippen molar-refractivity contribution in [2.75, 3.05) is 26.7 Å². The zero-order valence-electron chi connectivity index (χ0n) is 31.3. The number of rotatable bonds is 5. The fraction of sp³-hybridized carbons (Fsp3) is 0.762. The molecule has 2 aliphatic heterocycles. The number of piperidine rings is 1. The zero-order valence-corrected chi connectivity index (χ0v) is 31.3. The topological polar surface area (TPSA) is 58.6 Å². The highest BCUT2D eigenvalue weighted by Gasteiger charge is 2.58. The third-order valence-corrected chi connectivity index (χ3v) is 12.9. The van der Waals surface area contributed by atoms with Crippen LogP contribution in [-0.4, -0.2) is 61.4 Å². The number of nitrogens with zero attached hydrogens (tertiary/aromatic N) is 1. The molecule has 1 aromatic carbocycles. The Morgan fingerprint density at radius 3 is 2.49 bits per heavy atom. The van der Waals surface area contributed by atoms with Gasteiger partial charge in [-0.15, -0.1) is 0 Å². The predicted molar refractivity (Wildman–Crippen MR) is 196 cm³/mol. The zero-order chi connectivity index (χ0) is 34.2. The molecule has 9 unspecified atom stereocenters. The van der Waals surface area contributed by atoms with Crippen LogP contribution >= 0.6 is 0 Å². The number of carbonyl (C=O) groups excluding carboxylic acids is 2. The molecule has 3 saturated carbocycles. The van der Waals surface area contributed by atoms with E-state index in [4.69, 9.17) is 4.74 Å². The molecule has 2 saturated heterocycles. The first-order valence-corrected chi connectivity index (χ1v) is 19.5. The Morgan fingerprint density at radius 2 is 1.79 bits per heavy atom. The highest BCUT2D eigenvalue weighted by atomic mass is 16.5. The Balaban J connectivity index is 0.000000303. The van der Waals surface area contributed by atoms with Gasteiger partial charge in [0, 0.05) is 25.4 Å². The number of benzene rings is 1. The Morgan fingerprint density at radius 1 is 1.04 bits per heavy atom. The maximum Gasteiger partial charge on any atom is 0.133 e. The van der Waals surface area contributed by atoms with Crippen LogP contribution in [0.5, 0.6) is 0 Å². The van der Waals surface area contributed by atoms with Crippen molar-refractivity contribution in [2.45, 2.75) is 143 Å². The third kappa shape index (κ3) is 8.32. The molecule has 0 amide bonds. The van der Waals surface area contributed by atoms with Gasteiger partial charge in [0.2, 0.25) is 0 Å². The van der Waals surface area contributed by atoms with Crippen molar-refractivity contribution in [3.8, 4) is 0 Å². The summed E-state index contributed by atoms with van der Waals surface area (Å²) in [6.07, 6.45) is 14.9. The largest absolute Gasteiger partial charge is 0.370 e. The van der Waals surface area contributed by atoms with Gasteiger partial charge in [-0.2, -0.15) is 0 Å². The second-order valence-corrected chi connectivity index (χ2v) is 15.5. The van der Waals surface area contributed by atoms with Crippen LogP contribution in [0.15, 0.2) is 41.5 Å². The molecule has 7 rings (SSSR count). The maximum absolute atomic E-state index is 12.2. The van der Waals surface area contributed by atoms with Crippen molar-refractivity contribution in [1.82, 2.24) is 10.2 Å². The van der Waals surface area contributed by atoms with Gasteiger partial charge >= 0.3 is 0 Å². The Bertz CT molecular complexity index is 1180. The fourth-order valence-electron chi connectivity index (χ4n) is 10.8. The molecular weight excluding hydrogens is 580 g/mol. The Kier molecular flexibility index (Phi) is 13.9. The van der Waals surface area contributed by atoms with Crippen molar-refractivity contribution in [1.29, 1.82) is 0 Å². The molecule has 5 nitrogen and oxygen atoms in total. The Hall–Kier alpha value is -1.82. The molecule has 1 N–H and O–H groups in total. The van der Waals surface area contributed by atoms with Gasteiger partial charge in [-0.25, -0.2) is 0 Å². The average Bonchev–Trinajstić information content (AvgIpc) is 3.61. The van der Waals surface area contributed by atoms with E-state index < -0.39 is 0 Å². The monoisotopic (exact) mass is 649 g/mol. The minimum absolute atomic E-state index is 0.0180. The van der Waals surface area contributed by atoms with Crippen LogP contribution in [0.1, 0.15) is 125 Å². The summed E-state index contributed by atoms with van der Waals surface area (Å²) in [6.45, 7) is 17.9. The molecule has 1 spiro atoms. The van der Waals surface area contributed by atoms with E-state index in [1.165, 1.54) is 37.7 Å². The van der Waals surface area contributed by atoms with Gasteiger partial charge in [0.15, 0.2) is 0 Å². The molecule has 5 fully saturated rings. The number of hydrogen-bond donors (Lipinski definition) is 1. The first kappa shape index (κ1) is 38.0. The van der Waals surface area contributed by atoms with Gasteiger partial charge in [0.1, 0.15) is 12.1 Å². The quantitative estimate of drug-likeness (QED) is 0.255. The summed E-state index contributed by atoms with van der Waals surface area (Å²) in [5.74, 6) is 4.07. The third-order valence-electron chi connectivity index (χ3n) is 12.9. The molecular formula is C42H68N2O3. The smallest absolute Gasteiger partial charge is 0.133 e. The molecule has 5 heteroatoms. The van der Waals surface area contributed by atoms with Gasteiger partial charge in [0.25, 0.3) is 0 Å². The van der Waals surface area contributed by atoms with E-state index >= 15 is 0 Å². The van der Waals surface area contributed by atoms with Gasteiger partial charge in [-0.3, -0.25) is 9.69 Å². The Labute approximate surface area is 288 Å². The number of nitrogens with one attached hydrogen (secondary N) is 1.